The fourth-order valence-corrected chi connectivity index (χ4v) is 2.57. The van der Waals surface area contributed by atoms with Gasteiger partial charge in [-0.15, -0.1) is 11.3 Å². The van der Waals surface area contributed by atoms with E-state index in [1.165, 1.54) is 17.0 Å². The lowest BCUT2D eigenvalue weighted by Gasteiger charge is -2.08. The van der Waals surface area contributed by atoms with E-state index in [1.54, 1.807) is 17.4 Å². The van der Waals surface area contributed by atoms with Crippen LogP contribution in [0.15, 0.2) is 30.3 Å². The van der Waals surface area contributed by atoms with Crippen LogP contribution in [0.4, 0.5) is 0 Å². The Morgan fingerprint density at radius 1 is 1.40 bits per heavy atom. The molecule has 0 aliphatic heterocycles. The molecule has 0 spiro atoms. The Labute approximate surface area is 126 Å². The van der Waals surface area contributed by atoms with Crippen LogP contribution in [0.5, 0.6) is 11.5 Å². The van der Waals surface area contributed by atoms with Gasteiger partial charge in [0.1, 0.15) is 0 Å². The second kappa shape index (κ2) is 6.63. The minimum Gasteiger partial charge on any atom is -0.504 e. The minimum absolute atomic E-state index is 0.0841. The zero-order valence-corrected chi connectivity index (χ0v) is 12.4. The van der Waals surface area contributed by atoms with Gasteiger partial charge in [-0.2, -0.15) is 0 Å². The largest absolute Gasteiger partial charge is 0.504 e. The van der Waals surface area contributed by atoms with E-state index in [9.17, 15) is 9.90 Å². The lowest BCUT2D eigenvalue weighted by atomic mass is 10.3. The van der Waals surface area contributed by atoms with Crippen LogP contribution in [0.3, 0.4) is 0 Å². The van der Waals surface area contributed by atoms with Crippen LogP contribution in [-0.2, 0) is 11.3 Å². The molecular weight excluding hydrogens is 298 g/mol. The highest BCUT2D eigenvalue weighted by Crippen LogP contribution is 2.28. The van der Waals surface area contributed by atoms with Gasteiger partial charge in [-0.05, 0) is 31.2 Å². The van der Waals surface area contributed by atoms with E-state index < -0.39 is 0 Å². The molecule has 0 radical (unpaired) electrons. The van der Waals surface area contributed by atoms with Gasteiger partial charge >= 0.3 is 0 Å². The molecule has 0 bridgehead atoms. The Morgan fingerprint density at radius 3 is 2.85 bits per heavy atom. The molecule has 0 saturated heterocycles. The lowest BCUT2D eigenvalue weighted by Crippen LogP contribution is -2.28. The third-order valence-corrected chi connectivity index (χ3v) is 3.77. The summed E-state index contributed by atoms with van der Waals surface area (Å²) in [5.74, 6) is -0.0962. The van der Waals surface area contributed by atoms with Gasteiger partial charge in [-0.3, -0.25) is 4.79 Å². The van der Waals surface area contributed by atoms with E-state index in [1.807, 2.05) is 19.1 Å². The summed E-state index contributed by atoms with van der Waals surface area (Å²) in [6.45, 7) is 2.34. The van der Waals surface area contributed by atoms with Gasteiger partial charge in [0.05, 0.1) is 6.54 Å². The van der Waals surface area contributed by atoms with Crippen molar-refractivity contribution in [3.63, 3.8) is 0 Å². The summed E-state index contributed by atoms with van der Waals surface area (Å²) in [6.07, 6.45) is 0. The molecule has 0 unspecified atom stereocenters. The van der Waals surface area contributed by atoms with Crippen molar-refractivity contribution >= 4 is 28.8 Å². The Bertz CT molecular complexity index is 612. The molecule has 0 aliphatic carbocycles. The van der Waals surface area contributed by atoms with Gasteiger partial charge in [-0.1, -0.05) is 11.6 Å². The zero-order chi connectivity index (χ0) is 14.5. The van der Waals surface area contributed by atoms with Gasteiger partial charge in [0.15, 0.2) is 18.1 Å². The van der Waals surface area contributed by atoms with E-state index in [-0.39, 0.29) is 24.0 Å². The number of halogens is 1. The number of hydrogen-bond acceptors (Lipinski definition) is 4. The molecule has 1 aromatic heterocycles. The van der Waals surface area contributed by atoms with E-state index in [0.29, 0.717) is 11.6 Å². The third kappa shape index (κ3) is 4.15. The number of benzene rings is 1. The summed E-state index contributed by atoms with van der Waals surface area (Å²) in [5.41, 5.74) is 0. The number of aryl methyl sites for hydroxylation is 1. The highest BCUT2D eigenvalue weighted by Gasteiger charge is 2.07. The predicted molar refractivity (Wildman–Crippen MR) is 79.5 cm³/mol. The van der Waals surface area contributed by atoms with Crippen molar-refractivity contribution in [1.29, 1.82) is 0 Å². The smallest absolute Gasteiger partial charge is 0.258 e. The number of carbonyl (C=O) groups excluding carboxylic acids is 1. The number of amides is 1. The van der Waals surface area contributed by atoms with E-state index in [2.05, 4.69) is 5.32 Å². The van der Waals surface area contributed by atoms with E-state index in [4.69, 9.17) is 16.3 Å². The molecule has 0 saturated carbocycles. The van der Waals surface area contributed by atoms with E-state index in [0.717, 1.165) is 4.88 Å². The van der Waals surface area contributed by atoms with Crippen molar-refractivity contribution in [3.05, 3.63) is 45.1 Å². The number of nitrogens with one attached hydrogen (secondary N) is 1. The first-order valence-corrected chi connectivity index (χ1v) is 7.17. The standard InChI is InChI=1S/C14H14ClNO3S/c1-9-2-4-11(20-9)7-16-14(18)8-19-13-5-3-10(15)6-12(13)17/h2-6,17H,7-8H2,1H3,(H,16,18). The molecule has 1 aromatic carbocycles. The molecule has 106 valence electrons. The maximum Gasteiger partial charge on any atom is 0.258 e. The van der Waals surface area contributed by atoms with Crippen LogP contribution in [0.2, 0.25) is 5.02 Å². The number of aromatic hydroxyl groups is 1. The second-order valence-electron chi connectivity index (χ2n) is 4.19. The molecule has 20 heavy (non-hydrogen) atoms. The molecule has 0 fully saturated rings. The highest BCUT2D eigenvalue weighted by atomic mass is 35.5. The number of rotatable bonds is 5. The Morgan fingerprint density at radius 2 is 2.20 bits per heavy atom. The number of carbonyl (C=O) groups is 1. The fourth-order valence-electron chi connectivity index (χ4n) is 1.57. The van der Waals surface area contributed by atoms with Crippen LogP contribution < -0.4 is 10.1 Å². The average Bonchev–Trinajstić information content (AvgIpc) is 2.81. The Balaban J connectivity index is 1.80. The van der Waals surface area contributed by atoms with Gasteiger partial charge < -0.3 is 15.2 Å². The summed E-state index contributed by atoms with van der Waals surface area (Å²) >= 11 is 7.34. The Kier molecular flexibility index (Phi) is 4.87. The highest BCUT2D eigenvalue weighted by molar-refractivity contribution is 7.11. The molecule has 0 aliphatic rings. The maximum atomic E-state index is 11.6. The number of ether oxygens (including phenoxy) is 1. The lowest BCUT2D eigenvalue weighted by molar-refractivity contribution is -0.123. The molecule has 2 rings (SSSR count). The molecule has 2 N–H and O–H groups in total. The van der Waals surface area contributed by atoms with Gasteiger partial charge in [0, 0.05) is 20.8 Å². The predicted octanol–water partition coefficient (Wildman–Crippen LogP) is 3.11. The first-order valence-electron chi connectivity index (χ1n) is 5.98. The van der Waals surface area contributed by atoms with E-state index >= 15 is 0 Å². The molecule has 1 amide bonds. The van der Waals surface area contributed by atoms with Crippen molar-refractivity contribution in [1.82, 2.24) is 5.32 Å². The first-order chi connectivity index (χ1) is 9.54. The molecule has 1 heterocycles. The normalized spacial score (nSPS) is 10.3. The topological polar surface area (TPSA) is 58.6 Å². The zero-order valence-electron chi connectivity index (χ0n) is 10.9. The van der Waals surface area contributed by atoms with Crippen LogP contribution in [0.1, 0.15) is 9.75 Å². The van der Waals surface area contributed by atoms with Crippen molar-refractivity contribution < 1.29 is 14.6 Å². The summed E-state index contributed by atoms with van der Waals surface area (Å²) in [4.78, 5) is 13.9. The Hall–Kier alpha value is -1.72. The fraction of sp³-hybridized carbons (Fsp3) is 0.214. The van der Waals surface area contributed by atoms with Crippen LogP contribution in [0, 0.1) is 6.92 Å². The summed E-state index contributed by atoms with van der Waals surface area (Å²) in [5, 5.41) is 12.7. The van der Waals surface area contributed by atoms with Crippen molar-refractivity contribution in [2.24, 2.45) is 0 Å². The summed E-state index contributed by atoms with van der Waals surface area (Å²) < 4.78 is 5.23. The van der Waals surface area contributed by atoms with Crippen molar-refractivity contribution in [3.8, 4) is 11.5 Å². The monoisotopic (exact) mass is 311 g/mol. The quantitative estimate of drug-likeness (QED) is 0.892. The van der Waals surface area contributed by atoms with Gasteiger partial charge in [0.2, 0.25) is 0 Å². The van der Waals surface area contributed by atoms with Gasteiger partial charge in [-0.25, -0.2) is 0 Å². The number of hydrogen-bond donors (Lipinski definition) is 2. The van der Waals surface area contributed by atoms with Crippen molar-refractivity contribution in [2.45, 2.75) is 13.5 Å². The molecule has 4 nitrogen and oxygen atoms in total. The third-order valence-electron chi connectivity index (χ3n) is 2.54. The molecular formula is C14H14ClNO3S. The number of phenols is 1. The van der Waals surface area contributed by atoms with Gasteiger partial charge in [0.25, 0.3) is 5.91 Å². The number of thiophene rings is 1. The van der Waals surface area contributed by atoms with Crippen molar-refractivity contribution in [2.75, 3.05) is 6.61 Å². The minimum atomic E-state index is -0.245. The first kappa shape index (κ1) is 14.7. The molecule has 2 aromatic rings. The summed E-state index contributed by atoms with van der Waals surface area (Å²) in [7, 11) is 0. The molecule has 0 atom stereocenters. The molecule has 6 heteroatoms. The van der Waals surface area contributed by atoms with Crippen LogP contribution in [0.25, 0.3) is 0 Å². The maximum absolute atomic E-state index is 11.6. The van der Waals surface area contributed by atoms with Crippen LogP contribution in [-0.4, -0.2) is 17.6 Å². The summed E-state index contributed by atoms with van der Waals surface area (Å²) in [6, 6.07) is 8.46. The SMILES string of the molecule is Cc1ccc(CNC(=O)COc2ccc(Cl)cc2O)s1. The second-order valence-corrected chi connectivity index (χ2v) is 6.00. The van der Waals surface area contributed by atoms with Crippen LogP contribution >= 0.6 is 22.9 Å². The number of phenolic OH excluding ortho intramolecular Hbond substituents is 1. The average molecular weight is 312 g/mol.